The van der Waals surface area contributed by atoms with Crippen LogP contribution >= 0.6 is 0 Å². The first-order valence-electron chi connectivity index (χ1n) is 6.90. The molecule has 2 nitrogen and oxygen atoms in total. The van der Waals surface area contributed by atoms with Gasteiger partial charge in [-0.05, 0) is 0 Å². The zero-order valence-electron chi connectivity index (χ0n) is 13.6. The van der Waals surface area contributed by atoms with Crippen molar-refractivity contribution >= 4 is 0 Å². The first-order valence-corrected chi connectivity index (χ1v) is 6.90. The van der Waals surface area contributed by atoms with Crippen LogP contribution in [0.3, 0.4) is 0 Å². The number of benzene rings is 1. The van der Waals surface area contributed by atoms with E-state index >= 15 is 0 Å². The molecular weight excluding hydrogens is 481 g/mol. The summed E-state index contributed by atoms with van der Waals surface area (Å²) in [6, 6.07) is 0.663. The molecule has 17 heteroatoms. The van der Waals surface area contributed by atoms with Crippen LogP contribution in [0.1, 0.15) is 39.3 Å². The smallest absolute Gasteiger partial charge is 0.196 e. The molecule has 1 rings (SSSR count). The minimum absolute atomic E-state index is 0.331. The molecule has 0 spiro atoms. The molecule has 0 saturated carbocycles. The van der Waals surface area contributed by atoms with E-state index in [1.165, 1.54) is 0 Å². The minimum Gasteiger partial charge on any atom is -0.196 e. The fourth-order valence-corrected chi connectivity index (χ4v) is 2.66. The van der Waals surface area contributed by atoms with Gasteiger partial charge in [0.05, 0.1) is 40.0 Å². The number of rotatable bonds is 1. The summed E-state index contributed by atoms with van der Waals surface area (Å²) < 4.78 is 198. The SMILES string of the molecule is N#CC(C#N)c1c(C(F)(F)F)c(C(F)(F)F)c(C(F)(F)F)c(C(F)(F)F)c1C(F)(F)F. The predicted molar refractivity (Wildman–Crippen MR) is 65.4 cm³/mol. The van der Waals surface area contributed by atoms with E-state index in [0.717, 1.165) is 0 Å². The van der Waals surface area contributed by atoms with Gasteiger partial charge in [-0.15, -0.1) is 0 Å². The molecule has 0 aliphatic rings. The highest BCUT2D eigenvalue weighted by Crippen LogP contribution is 2.57. The maximum atomic E-state index is 13.3. The Balaban J connectivity index is 4.90. The van der Waals surface area contributed by atoms with Crippen molar-refractivity contribution in [2.75, 3.05) is 0 Å². The van der Waals surface area contributed by atoms with Crippen molar-refractivity contribution in [1.82, 2.24) is 0 Å². The van der Waals surface area contributed by atoms with E-state index in [-0.39, 0.29) is 0 Å². The van der Waals surface area contributed by atoms with E-state index in [0.29, 0.717) is 12.1 Å². The standard InChI is InChI=1S/C14HF15N2/c15-10(16,17)5-4(3(1-30)2-31)6(11(18,19)20)8(13(24,25)26)9(14(27,28)29)7(5)12(21,22)23/h3H. The Kier molecular flexibility index (Phi) is 6.24. The van der Waals surface area contributed by atoms with Gasteiger partial charge in [0.15, 0.2) is 5.92 Å². The van der Waals surface area contributed by atoms with E-state index in [1.807, 2.05) is 0 Å². The lowest BCUT2D eigenvalue weighted by Gasteiger charge is -2.30. The molecule has 1 aromatic rings. The third-order valence-corrected chi connectivity index (χ3v) is 3.50. The topological polar surface area (TPSA) is 47.6 Å². The quantitative estimate of drug-likeness (QED) is 0.409. The molecule has 0 amide bonds. The van der Waals surface area contributed by atoms with Crippen LogP contribution in [0, 0.1) is 22.7 Å². The van der Waals surface area contributed by atoms with Crippen LogP contribution in [0.5, 0.6) is 0 Å². The second kappa shape index (κ2) is 7.38. The lowest BCUT2D eigenvalue weighted by Crippen LogP contribution is -2.33. The first-order chi connectivity index (χ1) is 13.5. The predicted octanol–water partition coefficient (Wildman–Crippen LogP) is 6.91. The summed E-state index contributed by atoms with van der Waals surface area (Å²) >= 11 is 0. The van der Waals surface area contributed by atoms with Crippen molar-refractivity contribution in [1.29, 1.82) is 10.5 Å². The molecule has 0 aliphatic heterocycles. The molecule has 172 valence electrons. The van der Waals surface area contributed by atoms with E-state index in [1.54, 1.807) is 0 Å². The van der Waals surface area contributed by atoms with Gasteiger partial charge in [0.1, 0.15) is 0 Å². The van der Waals surface area contributed by atoms with Crippen molar-refractivity contribution in [3.8, 4) is 12.1 Å². The molecule has 1 aromatic carbocycles. The third-order valence-electron chi connectivity index (χ3n) is 3.50. The van der Waals surface area contributed by atoms with E-state index < -0.39 is 70.2 Å². The summed E-state index contributed by atoms with van der Waals surface area (Å²) in [5, 5.41) is 17.2. The van der Waals surface area contributed by atoms with Crippen LogP contribution in [0.15, 0.2) is 0 Å². The van der Waals surface area contributed by atoms with Crippen molar-refractivity contribution < 1.29 is 65.9 Å². The van der Waals surface area contributed by atoms with Crippen molar-refractivity contribution in [2.45, 2.75) is 36.8 Å². The Bertz CT molecular complexity index is 875. The molecule has 0 aromatic heterocycles. The Morgan fingerprint density at radius 1 is 0.419 bits per heavy atom. The monoisotopic (exact) mass is 482 g/mol. The van der Waals surface area contributed by atoms with E-state index in [2.05, 4.69) is 0 Å². The number of hydrogen-bond donors (Lipinski definition) is 0. The van der Waals surface area contributed by atoms with Gasteiger partial charge in [-0.3, -0.25) is 0 Å². The van der Waals surface area contributed by atoms with Gasteiger partial charge >= 0.3 is 30.9 Å². The molecule has 0 saturated heterocycles. The molecule has 0 fully saturated rings. The van der Waals surface area contributed by atoms with Gasteiger partial charge in [0.25, 0.3) is 0 Å². The number of nitriles is 2. The molecule has 0 N–H and O–H groups in total. The second-order valence-electron chi connectivity index (χ2n) is 5.47. The Labute approximate surface area is 160 Å². The van der Waals surface area contributed by atoms with Gasteiger partial charge in [-0.2, -0.15) is 76.4 Å². The largest absolute Gasteiger partial charge is 0.417 e. The van der Waals surface area contributed by atoms with Gasteiger partial charge < -0.3 is 0 Å². The summed E-state index contributed by atoms with van der Waals surface area (Å²) in [5.74, 6) is -3.60. The molecule has 0 bridgehead atoms. The van der Waals surface area contributed by atoms with Crippen LogP contribution in [-0.4, -0.2) is 0 Å². The molecule has 31 heavy (non-hydrogen) atoms. The zero-order chi connectivity index (χ0) is 25.0. The number of hydrogen-bond acceptors (Lipinski definition) is 2. The summed E-state index contributed by atoms with van der Waals surface area (Å²) in [5.41, 5.74) is -23.6. The molecule has 0 heterocycles. The molecule has 0 aliphatic carbocycles. The summed E-state index contributed by atoms with van der Waals surface area (Å²) in [7, 11) is 0. The molecule has 0 atom stereocenters. The Morgan fingerprint density at radius 2 is 0.613 bits per heavy atom. The van der Waals surface area contributed by atoms with Gasteiger partial charge in [0.2, 0.25) is 0 Å². The number of halogens is 15. The molecular formula is C14HF15N2. The maximum absolute atomic E-state index is 13.3. The lowest BCUT2D eigenvalue weighted by molar-refractivity contribution is -0.189. The first kappa shape index (κ1) is 26.2. The average molecular weight is 482 g/mol. The van der Waals surface area contributed by atoms with Crippen molar-refractivity contribution in [2.24, 2.45) is 0 Å². The van der Waals surface area contributed by atoms with Gasteiger partial charge in [0, 0.05) is 5.56 Å². The third kappa shape index (κ3) is 4.91. The summed E-state index contributed by atoms with van der Waals surface area (Å²) in [6.07, 6.45) is -34.5. The fraction of sp³-hybridized carbons (Fsp3) is 0.429. The van der Waals surface area contributed by atoms with E-state index in [9.17, 15) is 65.9 Å². The lowest BCUT2D eigenvalue weighted by atomic mass is 9.80. The van der Waals surface area contributed by atoms with Crippen LogP contribution in [-0.2, 0) is 30.9 Å². The summed E-state index contributed by atoms with van der Waals surface area (Å²) in [4.78, 5) is 0. The zero-order valence-corrected chi connectivity index (χ0v) is 13.6. The highest BCUT2D eigenvalue weighted by atomic mass is 19.4. The van der Waals surface area contributed by atoms with Crippen molar-refractivity contribution in [3.05, 3.63) is 33.4 Å². The van der Waals surface area contributed by atoms with E-state index in [4.69, 9.17) is 10.5 Å². The molecule has 0 radical (unpaired) electrons. The normalized spacial score (nSPS) is 13.9. The fourth-order valence-electron chi connectivity index (χ4n) is 2.66. The van der Waals surface area contributed by atoms with Crippen LogP contribution in [0.25, 0.3) is 0 Å². The number of nitrogens with zero attached hydrogens (tertiary/aromatic N) is 2. The Morgan fingerprint density at radius 3 is 0.774 bits per heavy atom. The van der Waals surface area contributed by atoms with Crippen molar-refractivity contribution in [3.63, 3.8) is 0 Å². The highest BCUT2D eigenvalue weighted by Gasteiger charge is 2.61. The Hall–Kier alpha value is -2.85. The van der Waals surface area contributed by atoms with Gasteiger partial charge in [-0.1, -0.05) is 0 Å². The maximum Gasteiger partial charge on any atom is 0.417 e. The molecule has 0 unspecified atom stereocenters. The highest BCUT2D eigenvalue weighted by molar-refractivity contribution is 5.61. The van der Waals surface area contributed by atoms with Crippen LogP contribution in [0.2, 0.25) is 0 Å². The van der Waals surface area contributed by atoms with Crippen LogP contribution in [0.4, 0.5) is 65.9 Å². The second-order valence-corrected chi connectivity index (χ2v) is 5.47. The van der Waals surface area contributed by atoms with Gasteiger partial charge in [-0.25, -0.2) is 0 Å². The number of alkyl halides is 15. The minimum atomic E-state index is -7.02. The van der Waals surface area contributed by atoms with Crippen LogP contribution < -0.4 is 0 Å². The summed E-state index contributed by atoms with van der Waals surface area (Å²) in [6.45, 7) is 0. The average Bonchev–Trinajstić information content (AvgIpc) is 2.49.